The highest BCUT2D eigenvalue weighted by Gasteiger charge is 2.16. The third-order valence-corrected chi connectivity index (χ3v) is 2.61. The summed E-state index contributed by atoms with van der Waals surface area (Å²) in [6, 6.07) is 9.07. The second-order valence-corrected chi connectivity index (χ2v) is 4.38. The van der Waals surface area contributed by atoms with Crippen LogP contribution in [0.15, 0.2) is 36.4 Å². The van der Waals surface area contributed by atoms with Crippen LogP contribution in [0.4, 0.5) is 0 Å². The molecule has 0 bridgehead atoms. The van der Waals surface area contributed by atoms with Crippen LogP contribution in [0.25, 0.3) is 6.08 Å². The number of hydrogen-bond acceptors (Lipinski definition) is 5. The van der Waals surface area contributed by atoms with E-state index >= 15 is 0 Å². The summed E-state index contributed by atoms with van der Waals surface area (Å²) in [5.41, 5.74) is 3.00. The zero-order valence-corrected chi connectivity index (χ0v) is 12.7. The molecule has 2 amide bonds. The summed E-state index contributed by atoms with van der Waals surface area (Å²) in [6.45, 7) is 1.45. The van der Waals surface area contributed by atoms with Gasteiger partial charge in [-0.05, 0) is 18.6 Å². The standard InChI is InChI=1S/C16H18N2O5/c1-2-23-16(22)12-14(20)17-18(10-11-19)15(21)9-8-13-6-4-3-5-7-13/h3-9,11H,2,10,12H2,1H3,(H,17,20)/b9-8+. The second kappa shape index (κ2) is 9.88. The Kier molecular flexibility index (Phi) is 7.77. The number of carbonyl (C=O) groups is 4. The van der Waals surface area contributed by atoms with Gasteiger partial charge in [-0.15, -0.1) is 0 Å². The lowest BCUT2D eigenvalue weighted by Gasteiger charge is -2.19. The van der Waals surface area contributed by atoms with E-state index in [0.29, 0.717) is 6.29 Å². The van der Waals surface area contributed by atoms with Gasteiger partial charge in [-0.1, -0.05) is 30.3 Å². The Hall–Kier alpha value is -2.96. The highest BCUT2D eigenvalue weighted by Crippen LogP contribution is 2.01. The molecule has 0 saturated carbocycles. The zero-order valence-electron chi connectivity index (χ0n) is 12.7. The molecule has 0 radical (unpaired) electrons. The predicted octanol–water partition coefficient (Wildman–Crippen LogP) is 0.712. The van der Waals surface area contributed by atoms with Crippen molar-refractivity contribution in [3.8, 4) is 0 Å². The summed E-state index contributed by atoms with van der Waals surface area (Å²) in [4.78, 5) is 45.5. The predicted molar refractivity (Wildman–Crippen MR) is 82.6 cm³/mol. The molecule has 0 aromatic heterocycles. The fraction of sp³-hybridized carbons (Fsp3) is 0.250. The first-order valence-corrected chi connectivity index (χ1v) is 7.00. The van der Waals surface area contributed by atoms with Crippen molar-refractivity contribution in [2.24, 2.45) is 0 Å². The maximum absolute atomic E-state index is 12.0. The highest BCUT2D eigenvalue weighted by molar-refractivity contribution is 5.97. The van der Waals surface area contributed by atoms with Crippen LogP contribution in [-0.2, 0) is 23.9 Å². The number of hydrogen-bond donors (Lipinski definition) is 1. The topological polar surface area (TPSA) is 92.8 Å². The van der Waals surface area contributed by atoms with Crippen LogP contribution in [0.3, 0.4) is 0 Å². The number of esters is 1. The van der Waals surface area contributed by atoms with Crippen molar-refractivity contribution in [2.75, 3.05) is 13.2 Å². The average Bonchev–Trinajstić information content (AvgIpc) is 2.53. The molecule has 1 N–H and O–H groups in total. The monoisotopic (exact) mass is 318 g/mol. The van der Waals surface area contributed by atoms with E-state index in [9.17, 15) is 19.2 Å². The van der Waals surface area contributed by atoms with Crippen molar-refractivity contribution in [3.05, 3.63) is 42.0 Å². The molecule has 23 heavy (non-hydrogen) atoms. The minimum atomic E-state index is -0.730. The van der Waals surface area contributed by atoms with Gasteiger partial charge in [-0.3, -0.25) is 19.8 Å². The molecule has 7 heteroatoms. The van der Waals surface area contributed by atoms with E-state index in [-0.39, 0.29) is 13.2 Å². The average molecular weight is 318 g/mol. The van der Waals surface area contributed by atoms with E-state index in [1.165, 1.54) is 6.08 Å². The van der Waals surface area contributed by atoms with Crippen LogP contribution in [0.2, 0.25) is 0 Å². The summed E-state index contributed by atoms with van der Waals surface area (Å²) in [5, 5.41) is 0.827. The van der Waals surface area contributed by atoms with Crippen molar-refractivity contribution in [3.63, 3.8) is 0 Å². The number of nitrogens with zero attached hydrogens (tertiary/aromatic N) is 1. The van der Waals surface area contributed by atoms with Gasteiger partial charge in [0.15, 0.2) is 0 Å². The van der Waals surface area contributed by atoms with E-state index in [4.69, 9.17) is 0 Å². The molecule has 0 aliphatic rings. The molecule has 1 aromatic carbocycles. The van der Waals surface area contributed by atoms with E-state index in [2.05, 4.69) is 10.2 Å². The van der Waals surface area contributed by atoms with Crippen molar-refractivity contribution in [2.45, 2.75) is 13.3 Å². The Morgan fingerprint density at radius 1 is 1.22 bits per heavy atom. The molecule has 0 atom stereocenters. The van der Waals surface area contributed by atoms with E-state index in [0.717, 1.165) is 10.6 Å². The zero-order chi connectivity index (χ0) is 17.1. The van der Waals surface area contributed by atoms with Crippen LogP contribution in [-0.4, -0.2) is 42.2 Å². The van der Waals surface area contributed by atoms with Gasteiger partial charge in [-0.2, -0.15) is 0 Å². The highest BCUT2D eigenvalue weighted by atomic mass is 16.5. The normalized spacial score (nSPS) is 10.1. The Bertz CT molecular complexity index is 583. The minimum Gasteiger partial charge on any atom is -0.466 e. The first-order chi connectivity index (χ1) is 11.1. The van der Waals surface area contributed by atoms with Crippen molar-refractivity contribution < 1.29 is 23.9 Å². The van der Waals surface area contributed by atoms with Crippen molar-refractivity contribution >= 4 is 30.1 Å². The lowest BCUT2D eigenvalue weighted by Crippen LogP contribution is -2.47. The molecule has 1 rings (SSSR count). The Morgan fingerprint density at radius 2 is 1.91 bits per heavy atom. The molecule has 0 aliphatic heterocycles. The van der Waals surface area contributed by atoms with Crippen LogP contribution in [0.1, 0.15) is 18.9 Å². The lowest BCUT2D eigenvalue weighted by molar-refractivity contribution is -0.149. The SMILES string of the molecule is CCOC(=O)CC(=O)NN(CC=O)C(=O)/C=C/c1ccccc1. The fourth-order valence-corrected chi connectivity index (χ4v) is 1.62. The smallest absolute Gasteiger partial charge is 0.315 e. The maximum Gasteiger partial charge on any atom is 0.315 e. The Balaban J connectivity index is 2.64. The van der Waals surface area contributed by atoms with Gasteiger partial charge >= 0.3 is 5.97 Å². The quantitative estimate of drug-likeness (QED) is 0.263. The third kappa shape index (κ3) is 7.03. The van der Waals surface area contributed by atoms with E-state index in [1.807, 2.05) is 18.2 Å². The van der Waals surface area contributed by atoms with Crippen LogP contribution >= 0.6 is 0 Å². The van der Waals surface area contributed by atoms with Gasteiger partial charge in [-0.25, -0.2) is 5.01 Å². The van der Waals surface area contributed by atoms with Crippen molar-refractivity contribution in [1.82, 2.24) is 10.4 Å². The first kappa shape index (κ1) is 18.1. The summed E-state index contributed by atoms with van der Waals surface area (Å²) in [5.74, 6) is -2.02. The molecule has 0 aliphatic carbocycles. The van der Waals surface area contributed by atoms with Crippen LogP contribution in [0.5, 0.6) is 0 Å². The summed E-state index contributed by atoms with van der Waals surface area (Å²) in [7, 11) is 0. The van der Waals surface area contributed by atoms with Gasteiger partial charge in [0.1, 0.15) is 12.7 Å². The van der Waals surface area contributed by atoms with E-state index in [1.54, 1.807) is 25.1 Å². The molecule has 122 valence electrons. The molecule has 0 spiro atoms. The molecule has 7 nitrogen and oxygen atoms in total. The fourth-order valence-electron chi connectivity index (χ4n) is 1.62. The summed E-state index contributed by atoms with van der Waals surface area (Å²) < 4.78 is 4.63. The van der Waals surface area contributed by atoms with Gasteiger partial charge in [0.05, 0.1) is 13.2 Å². The number of amides is 2. The van der Waals surface area contributed by atoms with E-state index < -0.39 is 24.2 Å². The number of benzene rings is 1. The molecule has 0 saturated heterocycles. The molecule has 1 aromatic rings. The third-order valence-electron chi connectivity index (χ3n) is 2.61. The number of carbonyl (C=O) groups excluding carboxylic acids is 4. The molecular weight excluding hydrogens is 300 g/mol. The Labute approximate surface area is 133 Å². The number of rotatable bonds is 7. The van der Waals surface area contributed by atoms with Gasteiger partial charge < -0.3 is 9.53 Å². The Morgan fingerprint density at radius 3 is 2.52 bits per heavy atom. The van der Waals surface area contributed by atoms with Crippen molar-refractivity contribution in [1.29, 1.82) is 0 Å². The largest absolute Gasteiger partial charge is 0.466 e. The molecule has 0 fully saturated rings. The van der Waals surface area contributed by atoms with Crippen LogP contribution in [0, 0.1) is 0 Å². The van der Waals surface area contributed by atoms with Crippen LogP contribution < -0.4 is 5.43 Å². The maximum atomic E-state index is 12.0. The minimum absolute atomic E-state index is 0.156. The molecule has 0 heterocycles. The number of aldehydes is 1. The van der Waals surface area contributed by atoms with Gasteiger partial charge in [0, 0.05) is 6.08 Å². The van der Waals surface area contributed by atoms with Gasteiger partial charge in [0.25, 0.3) is 5.91 Å². The number of hydrazine groups is 1. The number of ether oxygens (including phenoxy) is 1. The molecule has 0 unspecified atom stereocenters. The van der Waals surface area contributed by atoms with Gasteiger partial charge in [0.2, 0.25) is 5.91 Å². The first-order valence-electron chi connectivity index (χ1n) is 7.00. The molecular formula is C16H18N2O5. The summed E-state index contributed by atoms with van der Waals surface area (Å²) in [6.07, 6.45) is 2.72. The summed E-state index contributed by atoms with van der Waals surface area (Å²) >= 11 is 0. The second-order valence-electron chi connectivity index (χ2n) is 4.38. The number of nitrogens with one attached hydrogen (secondary N) is 1. The lowest BCUT2D eigenvalue weighted by atomic mass is 10.2.